The molecule has 4 rings (SSSR count). The zero-order chi connectivity index (χ0) is 17.4. The molecule has 1 aromatic carbocycles. The van der Waals surface area contributed by atoms with Gasteiger partial charge in [0.15, 0.2) is 0 Å². The van der Waals surface area contributed by atoms with Crippen LogP contribution in [-0.2, 0) is 18.3 Å². The van der Waals surface area contributed by atoms with Crippen molar-refractivity contribution in [2.75, 3.05) is 5.32 Å². The molecular weight excluding hydrogens is 334 g/mol. The summed E-state index contributed by atoms with van der Waals surface area (Å²) >= 11 is 1.44. The maximum absolute atomic E-state index is 12.4. The molecule has 1 N–H and O–H groups in total. The molecule has 0 radical (unpaired) electrons. The van der Waals surface area contributed by atoms with Gasteiger partial charge in [-0.25, -0.2) is 0 Å². The Morgan fingerprint density at radius 1 is 1.32 bits per heavy atom. The van der Waals surface area contributed by atoms with E-state index in [1.165, 1.54) is 22.5 Å². The van der Waals surface area contributed by atoms with Gasteiger partial charge in [-0.2, -0.15) is 5.10 Å². The molecule has 1 saturated carbocycles. The third-order valence-corrected chi connectivity index (χ3v) is 5.29. The van der Waals surface area contributed by atoms with Crippen molar-refractivity contribution in [3.05, 3.63) is 58.4 Å². The first kappa shape index (κ1) is 16.0. The highest BCUT2D eigenvalue weighted by Gasteiger charge is 2.44. The monoisotopic (exact) mass is 353 g/mol. The molecule has 1 aliphatic rings. The van der Waals surface area contributed by atoms with E-state index in [0.717, 1.165) is 23.4 Å². The van der Waals surface area contributed by atoms with Gasteiger partial charge in [0.25, 0.3) is 0 Å². The van der Waals surface area contributed by atoms with E-state index in [1.54, 1.807) is 4.68 Å². The second-order valence-electron chi connectivity index (χ2n) is 6.55. The average Bonchev–Trinajstić information content (AvgIpc) is 3.10. The average molecular weight is 353 g/mol. The van der Waals surface area contributed by atoms with Crippen molar-refractivity contribution >= 4 is 22.4 Å². The Bertz CT molecular complexity index is 898. The Morgan fingerprint density at radius 3 is 2.84 bits per heavy atom. The molecule has 2 heterocycles. The quantitative estimate of drug-likeness (QED) is 0.765. The second-order valence-corrected chi connectivity index (χ2v) is 7.61. The standard InChI is InChI=1S/C18H19N5OS/c1-11-3-5-12(6-4-11)7-16-21-22-18(25-16)20-17(24)15-8-14(15)13-9-19-23(2)10-13/h3-6,9-10,14-15H,7-8H2,1-2H3,(H,20,22,24)/t14-,15-/m1/s1. The maximum Gasteiger partial charge on any atom is 0.229 e. The number of aryl methyl sites for hydroxylation is 2. The number of benzene rings is 1. The molecule has 1 fully saturated rings. The summed E-state index contributed by atoms with van der Waals surface area (Å²) in [5.41, 5.74) is 3.56. The van der Waals surface area contributed by atoms with Crippen LogP contribution in [0.2, 0.25) is 0 Å². The van der Waals surface area contributed by atoms with Crippen LogP contribution in [0.25, 0.3) is 0 Å². The molecule has 3 aromatic rings. The van der Waals surface area contributed by atoms with Gasteiger partial charge >= 0.3 is 0 Å². The van der Waals surface area contributed by atoms with Gasteiger partial charge in [-0.1, -0.05) is 41.2 Å². The van der Waals surface area contributed by atoms with Gasteiger partial charge in [0.1, 0.15) is 5.01 Å². The molecule has 0 unspecified atom stereocenters. The summed E-state index contributed by atoms with van der Waals surface area (Å²) in [5, 5.41) is 16.8. The molecule has 0 bridgehead atoms. The zero-order valence-corrected chi connectivity index (χ0v) is 15.0. The molecule has 6 nitrogen and oxygen atoms in total. The lowest BCUT2D eigenvalue weighted by Gasteiger charge is -1.99. The van der Waals surface area contributed by atoms with Crippen molar-refractivity contribution in [2.45, 2.75) is 25.7 Å². The molecule has 128 valence electrons. The summed E-state index contributed by atoms with van der Waals surface area (Å²) in [4.78, 5) is 12.4. The highest BCUT2D eigenvalue weighted by atomic mass is 32.1. The van der Waals surface area contributed by atoms with Crippen molar-refractivity contribution in [2.24, 2.45) is 13.0 Å². The summed E-state index contributed by atoms with van der Waals surface area (Å²) < 4.78 is 1.77. The first-order chi connectivity index (χ1) is 12.1. The minimum Gasteiger partial charge on any atom is -0.300 e. The van der Waals surface area contributed by atoms with Crippen LogP contribution in [0.5, 0.6) is 0 Å². The summed E-state index contributed by atoms with van der Waals surface area (Å²) in [6.45, 7) is 2.07. The number of anilines is 1. The van der Waals surface area contributed by atoms with Crippen LogP contribution in [0.3, 0.4) is 0 Å². The number of hydrogen-bond acceptors (Lipinski definition) is 5. The van der Waals surface area contributed by atoms with E-state index >= 15 is 0 Å². The molecule has 2 aromatic heterocycles. The van der Waals surface area contributed by atoms with E-state index in [0.29, 0.717) is 5.13 Å². The maximum atomic E-state index is 12.4. The van der Waals surface area contributed by atoms with E-state index < -0.39 is 0 Å². The molecular formula is C18H19N5OS. The minimum atomic E-state index is 0.00801. The van der Waals surface area contributed by atoms with E-state index in [4.69, 9.17) is 0 Å². The summed E-state index contributed by atoms with van der Waals surface area (Å²) in [6, 6.07) is 8.37. The van der Waals surface area contributed by atoms with Crippen molar-refractivity contribution < 1.29 is 4.79 Å². The fraction of sp³-hybridized carbons (Fsp3) is 0.333. The number of carbonyl (C=O) groups excluding carboxylic acids is 1. The molecule has 2 atom stereocenters. The first-order valence-corrected chi connectivity index (χ1v) is 9.07. The number of carbonyl (C=O) groups is 1. The summed E-state index contributed by atoms with van der Waals surface area (Å²) in [5.74, 6) is 0.300. The van der Waals surface area contributed by atoms with Gasteiger partial charge in [-0.05, 0) is 30.4 Å². The Labute approximate surface area is 149 Å². The van der Waals surface area contributed by atoms with Gasteiger partial charge in [-0.3, -0.25) is 9.48 Å². The third-order valence-electron chi connectivity index (χ3n) is 4.45. The summed E-state index contributed by atoms with van der Waals surface area (Å²) in [6.07, 6.45) is 5.41. The van der Waals surface area contributed by atoms with Crippen molar-refractivity contribution in [3.8, 4) is 0 Å². The predicted octanol–water partition coefficient (Wildman–Crippen LogP) is 2.91. The lowest BCUT2D eigenvalue weighted by Crippen LogP contribution is -2.14. The SMILES string of the molecule is Cc1ccc(Cc2nnc(NC(=O)[C@@H]3C[C@@H]3c3cnn(C)c3)s2)cc1. The number of aromatic nitrogens is 4. The number of nitrogens with one attached hydrogen (secondary N) is 1. The van der Waals surface area contributed by atoms with Gasteiger partial charge in [0.2, 0.25) is 11.0 Å². The van der Waals surface area contributed by atoms with Crippen molar-refractivity contribution in [1.29, 1.82) is 0 Å². The normalized spacial score (nSPS) is 19.0. The van der Waals surface area contributed by atoms with Crippen LogP contribution in [-0.4, -0.2) is 25.9 Å². The second kappa shape index (κ2) is 6.40. The fourth-order valence-electron chi connectivity index (χ4n) is 2.94. The van der Waals surface area contributed by atoms with Crippen LogP contribution >= 0.6 is 11.3 Å². The molecule has 0 saturated heterocycles. The predicted molar refractivity (Wildman–Crippen MR) is 96.6 cm³/mol. The number of amides is 1. The molecule has 7 heteroatoms. The third kappa shape index (κ3) is 3.61. The van der Waals surface area contributed by atoms with Gasteiger partial charge in [0, 0.05) is 25.6 Å². The fourth-order valence-corrected chi connectivity index (χ4v) is 3.72. The first-order valence-electron chi connectivity index (χ1n) is 8.26. The molecule has 1 aliphatic carbocycles. The molecule has 0 aliphatic heterocycles. The number of rotatable bonds is 5. The van der Waals surface area contributed by atoms with E-state index in [-0.39, 0.29) is 17.7 Å². The van der Waals surface area contributed by atoms with Crippen LogP contribution in [0.15, 0.2) is 36.7 Å². The number of nitrogens with zero attached hydrogens (tertiary/aromatic N) is 4. The lowest BCUT2D eigenvalue weighted by molar-refractivity contribution is -0.117. The molecule has 25 heavy (non-hydrogen) atoms. The van der Waals surface area contributed by atoms with Crippen LogP contribution in [0.4, 0.5) is 5.13 Å². The highest BCUT2D eigenvalue weighted by molar-refractivity contribution is 7.15. The molecule has 0 spiro atoms. The number of hydrogen-bond donors (Lipinski definition) is 1. The van der Waals surface area contributed by atoms with Crippen LogP contribution in [0.1, 0.15) is 34.0 Å². The van der Waals surface area contributed by atoms with Gasteiger partial charge in [0.05, 0.1) is 6.20 Å². The van der Waals surface area contributed by atoms with Gasteiger partial charge in [-0.15, -0.1) is 10.2 Å². The minimum absolute atomic E-state index is 0.00801. The van der Waals surface area contributed by atoms with Crippen LogP contribution < -0.4 is 5.32 Å². The van der Waals surface area contributed by atoms with E-state index in [1.807, 2.05) is 19.4 Å². The lowest BCUT2D eigenvalue weighted by atomic mass is 10.1. The Hall–Kier alpha value is -2.54. The largest absolute Gasteiger partial charge is 0.300 e. The summed E-state index contributed by atoms with van der Waals surface area (Å²) in [7, 11) is 1.89. The Morgan fingerprint density at radius 2 is 2.12 bits per heavy atom. The van der Waals surface area contributed by atoms with E-state index in [9.17, 15) is 4.79 Å². The van der Waals surface area contributed by atoms with Crippen molar-refractivity contribution in [3.63, 3.8) is 0 Å². The van der Waals surface area contributed by atoms with Crippen LogP contribution in [0, 0.1) is 12.8 Å². The smallest absolute Gasteiger partial charge is 0.229 e. The highest BCUT2D eigenvalue weighted by Crippen LogP contribution is 2.47. The van der Waals surface area contributed by atoms with E-state index in [2.05, 4.69) is 51.8 Å². The Kier molecular flexibility index (Phi) is 4.09. The Balaban J connectivity index is 1.35. The van der Waals surface area contributed by atoms with Gasteiger partial charge < -0.3 is 5.32 Å². The van der Waals surface area contributed by atoms with Crippen molar-refractivity contribution in [1.82, 2.24) is 20.0 Å². The zero-order valence-electron chi connectivity index (χ0n) is 14.1. The topological polar surface area (TPSA) is 72.7 Å². The molecule has 1 amide bonds.